The van der Waals surface area contributed by atoms with Gasteiger partial charge in [0.2, 0.25) is 6.79 Å². The highest BCUT2D eigenvalue weighted by atomic mass is 16.7. The molecule has 0 fully saturated rings. The van der Waals surface area contributed by atoms with Crippen LogP contribution in [0.2, 0.25) is 0 Å². The highest BCUT2D eigenvalue weighted by molar-refractivity contribution is 6.12. The summed E-state index contributed by atoms with van der Waals surface area (Å²) in [5.41, 5.74) is 1.59. The van der Waals surface area contributed by atoms with Crippen molar-refractivity contribution >= 4 is 33.8 Å². The average molecular weight is 348 g/mol. The minimum Gasteiger partial charge on any atom is -0.508 e. The predicted molar refractivity (Wildman–Crippen MR) is 95.7 cm³/mol. The average Bonchev–Trinajstić information content (AvgIpc) is 3.25. The van der Waals surface area contributed by atoms with Gasteiger partial charge in [0.25, 0.3) is 5.56 Å². The van der Waals surface area contributed by atoms with Gasteiger partial charge in [0.1, 0.15) is 11.3 Å². The summed E-state index contributed by atoms with van der Waals surface area (Å²) in [7, 11) is 0. The molecule has 0 aliphatic carbocycles. The van der Waals surface area contributed by atoms with E-state index in [9.17, 15) is 9.90 Å². The summed E-state index contributed by atoms with van der Waals surface area (Å²) in [6.07, 6.45) is 1.62. The molecule has 0 saturated heterocycles. The third-order valence-electron chi connectivity index (χ3n) is 4.23. The van der Waals surface area contributed by atoms with E-state index in [2.05, 4.69) is 20.2 Å². The predicted octanol–water partition coefficient (Wildman–Crippen LogP) is 2.59. The molecule has 1 aliphatic heterocycles. The summed E-state index contributed by atoms with van der Waals surface area (Å²) in [5.74, 6) is 1.80. The summed E-state index contributed by atoms with van der Waals surface area (Å²) >= 11 is 0. The van der Waals surface area contributed by atoms with Crippen molar-refractivity contribution in [1.82, 2.24) is 15.2 Å². The molecule has 8 nitrogen and oxygen atoms in total. The van der Waals surface area contributed by atoms with Crippen LogP contribution in [0.4, 0.5) is 5.82 Å². The largest absolute Gasteiger partial charge is 0.508 e. The molecule has 0 atom stereocenters. The van der Waals surface area contributed by atoms with Crippen LogP contribution >= 0.6 is 0 Å². The molecule has 3 N–H and O–H groups in total. The number of benzene rings is 2. The maximum Gasteiger partial charge on any atom is 0.288 e. The van der Waals surface area contributed by atoms with E-state index in [0.717, 1.165) is 16.5 Å². The SMILES string of the molecule is O=c1[nH]nc(N=Cc2ccc(O)cc2)c2c1[nH]c1cc3c(cc12)OCO3. The summed E-state index contributed by atoms with van der Waals surface area (Å²) in [4.78, 5) is 19.7. The molecule has 2 aromatic carbocycles. The molecule has 0 bridgehead atoms. The van der Waals surface area contributed by atoms with E-state index < -0.39 is 0 Å². The minimum atomic E-state index is -0.332. The molecular formula is C18H12N4O4. The molecule has 3 heterocycles. The van der Waals surface area contributed by atoms with Crippen LogP contribution in [0.25, 0.3) is 21.8 Å². The molecule has 4 aromatic rings. The third kappa shape index (κ3) is 2.20. The van der Waals surface area contributed by atoms with E-state index >= 15 is 0 Å². The van der Waals surface area contributed by atoms with Gasteiger partial charge in [0.15, 0.2) is 17.3 Å². The summed E-state index contributed by atoms with van der Waals surface area (Å²) in [6.45, 7) is 0.171. The molecule has 26 heavy (non-hydrogen) atoms. The van der Waals surface area contributed by atoms with Crippen LogP contribution in [0.3, 0.4) is 0 Å². The van der Waals surface area contributed by atoms with Crippen molar-refractivity contribution in [2.24, 2.45) is 4.99 Å². The Labute approximate surface area is 145 Å². The number of nitrogens with zero attached hydrogens (tertiary/aromatic N) is 2. The molecular weight excluding hydrogens is 336 g/mol. The van der Waals surface area contributed by atoms with Crippen molar-refractivity contribution in [3.05, 3.63) is 52.3 Å². The van der Waals surface area contributed by atoms with Crippen molar-refractivity contribution in [2.75, 3.05) is 6.79 Å². The highest BCUT2D eigenvalue weighted by Gasteiger charge is 2.19. The molecule has 0 amide bonds. The van der Waals surface area contributed by atoms with Crippen LogP contribution in [0.1, 0.15) is 5.56 Å². The summed E-state index contributed by atoms with van der Waals surface area (Å²) < 4.78 is 10.8. The molecule has 0 radical (unpaired) electrons. The number of phenols is 1. The van der Waals surface area contributed by atoms with Crippen LogP contribution in [-0.4, -0.2) is 33.3 Å². The number of ether oxygens (including phenoxy) is 2. The van der Waals surface area contributed by atoms with E-state index in [0.29, 0.717) is 28.2 Å². The normalized spacial score (nSPS) is 13.2. The molecule has 1 aliphatic rings. The highest BCUT2D eigenvalue weighted by Crippen LogP contribution is 2.39. The lowest BCUT2D eigenvalue weighted by atomic mass is 10.1. The van der Waals surface area contributed by atoms with Crippen molar-refractivity contribution in [2.45, 2.75) is 0 Å². The van der Waals surface area contributed by atoms with Crippen LogP contribution < -0.4 is 15.0 Å². The quantitative estimate of drug-likeness (QED) is 0.482. The van der Waals surface area contributed by atoms with Crippen molar-refractivity contribution in [3.63, 3.8) is 0 Å². The molecule has 0 saturated carbocycles. The Morgan fingerprint density at radius 3 is 2.73 bits per heavy atom. The fourth-order valence-corrected chi connectivity index (χ4v) is 2.99. The van der Waals surface area contributed by atoms with Gasteiger partial charge in [-0.2, -0.15) is 5.10 Å². The maximum absolute atomic E-state index is 12.2. The van der Waals surface area contributed by atoms with E-state index in [1.165, 1.54) is 0 Å². The topological polar surface area (TPSA) is 113 Å². The van der Waals surface area contributed by atoms with E-state index in [1.54, 1.807) is 36.5 Å². The number of aromatic hydroxyl groups is 1. The number of rotatable bonds is 2. The standard InChI is InChI=1S/C18H12N4O4/c23-10-3-1-9(2-4-10)7-19-17-15-11-5-13-14(26-8-25-13)6-12(11)20-16(15)18(24)22-21-17/h1-7,20,23H,8H2,(H,22,24). The number of H-pyrrole nitrogens is 2. The molecule has 0 unspecified atom stereocenters. The molecule has 8 heteroatoms. The fraction of sp³-hybridized carbons (Fsp3) is 0.0556. The Balaban J connectivity index is 1.72. The second-order valence-electron chi connectivity index (χ2n) is 5.85. The first-order valence-electron chi connectivity index (χ1n) is 7.86. The first-order valence-corrected chi connectivity index (χ1v) is 7.86. The number of aromatic nitrogens is 3. The van der Waals surface area contributed by atoms with Gasteiger partial charge in [0.05, 0.1) is 10.9 Å². The number of fused-ring (bicyclic) bond motifs is 4. The van der Waals surface area contributed by atoms with E-state index in [1.807, 2.05) is 6.07 Å². The van der Waals surface area contributed by atoms with Gasteiger partial charge in [-0.3, -0.25) is 4.79 Å². The smallest absolute Gasteiger partial charge is 0.288 e. The van der Waals surface area contributed by atoms with Crippen molar-refractivity contribution in [1.29, 1.82) is 0 Å². The zero-order chi connectivity index (χ0) is 17.7. The molecule has 0 spiro atoms. The summed E-state index contributed by atoms with van der Waals surface area (Å²) in [5, 5.41) is 17.3. The number of phenolic OH excluding ortho intramolecular Hbond substituents is 1. The van der Waals surface area contributed by atoms with Crippen molar-refractivity contribution in [3.8, 4) is 17.2 Å². The maximum atomic E-state index is 12.2. The van der Waals surface area contributed by atoms with Gasteiger partial charge in [-0.05, 0) is 35.9 Å². The van der Waals surface area contributed by atoms with Gasteiger partial charge in [-0.15, -0.1) is 0 Å². The zero-order valence-corrected chi connectivity index (χ0v) is 13.3. The molecule has 128 valence electrons. The summed E-state index contributed by atoms with van der Waals surface area (Å²) in [6, 6.07) is 10.2. The fourth-order valence-electron chi connectivity index (χ4n) is 2.99. The Bertz CT molecular complexity index is 1240. The van der Waals surface area contributed by atoms with Gasteiger partial charge < -0.3 is 19.6 Å². The lowest BCUT2D eigenvalue weighted by Crippen LogP contribution is -2.07. The van der Waals surface area contributed by atoms with Gasteiger partial charge in [0, 0.05) is 17.7 Å². The molecule has 5 rings (SSSR count). The Kier molecular flexibility index (Phi) is 2.99. The van der Waals surface area contributed by atoms with Gasteiger partial charge in [-0.1, -0.05) is 0 Å². The number of hydrogen-bond donors (Lipinski definition) is 3. The monoisotopic (exact) mass is 348 g/mol. The Morgan fingerprint density at radius 2 is 1.92 bits per heavy atom. The number of aromatic amines is 2. The zero-order valence-electron chi connectivity index (χ0n) is 13.3. The van der Waals surface area contributed by atoms with Crippen LogP contribution in [0, 0.1) is 0 Å². The second-order valence-corrected chi connectivity index (χ2v) is 5.85. The number of nitrogens with one attached hydrogen (secondary N) is 2. The first-order chi connectivity index (χ1) is 12.7. The van der Waals surface area contributed by atoms with Crippen LogP contribution in [-0.2, 0) is 0 Å². The molecule has 2 aromatic heterocycles. The van der Waals surface area contributed by atoms with E-state index in [-0.39, 0.29) is 18.1 Å². The van der Waals surface area contributed by atoms with Gasteiger partial charge in [-0.25, -0.2) is 10.1 Å². The second kappa shape index (κ2) is 5.35. The van der Waals surface area contributed by atoms with Gasteiger partial charge >= 0.3 is 0 Å². The lowest BCUT2D eigenvalue weighted by molar-refractivity contribution is 0.174. The lowest BCUT2D eigenvalue weighted by Gasteiger charge is -1.99. The Hall–Kier alpha value is -3.81. The number of aliphatic imine (C=N–C) groups is 1. The first kappa shape index (κ1) is 14.5. The van der Waals surface area contributed by atoms with E-state index in [4.69, 9.17) is 9.47 Å². The third-order valence-corrected chi connectivity index (χ3v) is 4.23. The Morgan fingerprint density at radius 1 is 1.15 bits per heavy atom. The minimum absolute atomic E-state index is 0.171. The van der Waals surface area contributed by atoms with Crippen molar-refractivity contribution < 1.29 is 14.6 Å². The van der Waals surface area contributed by atoms with Crippen LogP contribution in [0.5, 0.6) is 17.2 Å². The van der Waals surface area contributed by atoms with Crippen LogP contribution in [0.15, 0.2) is 46.2 Å². The number of hydrogen-bond acceptors (Lipinski definition) is 6.